The number of phenols is 2. The molecule has 0 aliphatic rings. The summed E-state index contributed by atoms with van der Waals surface area (Å²) in [7, 11) is -4.85. The van der Waals surface area contributed by atoms with Gasteiger partial charge in [0.1, 0.15) is 16.3 Å². The van der Waals surface area contributed by atoms with Gasteiger partial charge in [0, 0.05) is 22.1 Å². The average Bonchev–Trinajstić information content (AvgIpc) is 2.90. The van der Waals surface area contributed by atoms with Gasteiger partial charge in [-0.25, -0.2) is 21.1 Å². The summed E-state index contributed by atoms with van der Waals surface area (Å²) in [5, 5.41) is 45.8. The highest BCUT2D eigenvalue weighted by Crippen LogP contribution is 2.44. The molecule has 2 amide bonds. The van der Waals surface area contributed by atoms with E-state index in [1.165, 1.54) is 42.5 Å². The van der Waals surface area contributed by atoms with E-state index in [2.05, 4.69) is 41.3 Å². The van der Waals surface area contributed by atoms with Crippen LogP contribution < -0.4 is 10.6 Å². The maximum Gasteiger partial charge on any atom is 0.323 e. The number of rotatable bonds is 8. The van der Waals surface area contributed by atoms with Crippen molar-refractivity contribution in [3.63, 3.8) is 0 Å². The highest BCUT2D eigenvalue weighted by Gasteiger charge is 2.22. The topological polar surface area (TPSA) is 247 Å². The maximum atomic E-state index is 12.7. The van der Waals surface area contributed by atoms with Crippen molar-refractivity contribution in [3.8, 4) is 11.5 Å². The summed E-state index contributed by atoms with van der Waals surface area (Å²) in [6.07, 6.45) is 0. The number of nitrogens with zero attached hydrogens (tertiary/aromatic N) is 2. The van der Waals surface area contributed by atoms with E-state index in [1.807, 2.05) is 0 Å². The number of hydrogen-bond donors (Lipinski definition) is 8. The standard InChI is InChI=1S/C21H16N6O9S2/c22-26-17-15(37-36-35-31)7-9-5-11(1-3-13(9)19(17)28)24-21(30)25-12-2-4-14-10(6-12)8-16(38(32,33)34)18(27-23)20(14)29/h1-8,22-23,28-29,31H,(H2,24,25,30)(H,32,33,34)/i/hT2. The molecule has 0 fully saturated rings. The first-order valence-electron chi connectivity index (χ1n) is 11.0. The third kappa shape index (κ3) is 5.18. The summed E-state index contributed by atoms with van der Waals surface area (Å²) < 4.78 is 51.2. The molecule has 4 aromatic rings. The third-order valence-corrected chi connectivity index (χ3v) is 6.74. The lowest BCUT2D eigenvalue weighted by Crippen LogP contribution is -2.19. The summed E-state index contributed by atoms with van der Waals surface area (Å²) in [5.41, 5.74) is 5.36. The Morgan fingerprint density at radius 2 is 1.47 bits per heavy atom. The van der Waals surface area contributed by atoms with Crippen LogP contribution in [-0.2, 0) is 19.5 Å². The molecule has 196 valence electrons. The van der Waals surface area contributed by atoms with E-state index in [1.54, 1.807) is 0 Å². The van der Waals surface area contributed by atoms with Gasteiger partial charge >= 0.3 is 6.03 Å². The molecule has 0 unspecified atom stereocenters. The van der Waals surface area contributed by atoms with Crippen molar-refractivity contribution in [1.82, 2.24) is 0 Å². The fraction of sp³-hybridized carbons (Fsp3) is 0. The van der Waals surface area contributed by atoms with E-state index in [0.29, 0.717) is 22.8 Å². The zero-order chi connectivity index (χ0) is 29.0. The SMILES string of the molecule is [3H]N=Nc1c(SOOO)cc2cc(NC(=O)Nc3ccc4c(O)c(N=N[3H])c(S(=O)(=O)O)cc4c3)ccc2c1O. The highest BCUT2D eigenvalue weighted by atomic mass is 32.2. The Balaban J connectivity index is 1.63. The number of amides is 2. The van der Waals surface area contributed by atoms with Gasteiger partial charge in [-0.05, 0) is 59.3 Å². The van der Waals surface area contributed by atoms with Crippen LogP contribution in [0.25, 0.3) is 21.5 Å². The van der Waals surface area contributed by atoms with Crippen LogP contribution in [0.2, 0.25) is 2.82 Å². The monoisotopic (exact) mass is 564 g/mol. The summed E-state index contributed by atoms with van der Waals surface area (Å²) >= 11 is 0.485. The number of fused-ring (bicyclic) bond motifs is 2. The third-order valence-electron chi connectivity index (χ3n) is 5.25. The van der Waals surface area contributed by atoms with Gasteiger partial charge in [-0.3, -0.25) is 4.55 Å². The summed E-state index contributed by atoms with van der Waals surface area (Å²) in [6.45, 7) is 0. The number of phenolic OH excluding ortho intramolecular Hbond substituents is 2. The fourth-order valence-electron chi connectivity index (χ4n) is 3.66. The first-order valence-corrected chi connectivity index (χ1v) is 12.3. The molecule has 8 N–H and O–H groups in total. The highest BCUT2D eigenvalue weighted by molar-refractivity contribution is 7.94. The largest absolute Gasteiger partial charge is 0.505 e. The second kappa shape index (κ2) is 10.5. The van der Waals surface area contributed by atoms with Crippen LogP contribution in [0.1, 0.15) is 0 Å². The molecule has 4 rings (SSSR count). The van der Waals surface area contributed by atoms with Crippen molar-refractivity contribution in [2.45, 2.75) is 9.79 Å². The van der Waals surface area contributed by atoms with Crippen LogP contribution in [0, 0.1) is 11.0 Å². The van der Waals surface area contributed by atoms with Gasteiger partial charge in [0.15, 0.2) is 11.5 Å². The van der Waals surface area contributed by atoms with Crippen molar-refractivity contribution in [2.75, 3.05) is 10.6 Å². The Bertz CT molecular complexity index is 1810. The van der Waals surface area contributed by atoms with Crippen LogP contribution in [0.3, 0.4) is 0 Å². The number of carbonyl (C=O) groups excluding carboxylic acids is 1. The van der Waals surface area contributed by atoms with E-state index in [4.69, 9.17) is 8.08 Å². The van der Waals surface area contributed by atoms with Gasteiger partial charge in [0.05, 0.1) is 16.9 Å². The normalized spacial score (nSPS) is 12.8. The molecule has 0 heterocycles. The number of anilines is 2. The van der Waals surface area contributed by atoms with E-state index in [-0.39, 0.29) is 38.5 Å². The Morgan fingerprint density at radius 3 is 2.03 bits per heavy atom. The molecular weight excluding hydrogens is 544 g/mol. The molecule has 0 atom stereocenters. The van der Waals surface area contributed by atoms with Crippen molar-refractivity contribution in [3.05, 3.63) is 48.5 Å². The van der Waals surface area contributed by atoms with Crippen LogP contribution in [0.5, 0.6) is 11.5 Å². The Morgan fingerprint density at radius 1 is 0.921 bits per heavy atom. The molecule has 0 bridgehead atoms. The second-order valence-corrected chi connectivity index (χ2v) is 9.63. The van der Waals surface area contributed by atoms with E-state index < -0.39 is 32.5 Å². The van der Waals surface area contributed by atoms with Crippen LogP contribution in [0.4, 0.5) is 27.5 Å². The molecule has 0 aromatic heterocycles. The average molecular weight is 565 g/mol. The first kappa shape index (κ1) is 24.0. The lowest BCUT2D eigenvalue weighted by molar-refractivity contribution is -0.432. The van der Waals surface area contributed by atoms with Gasteiger partial charge in [-0.15, -0.1) is 4.33 Å². The lowest BCUT2D eigenvalue weighted by atomic mass is 10.1. The van der Waals surface area contributed by atoms with Crippen molar-refractivity contribution in [1.29, 1.82) is 11.0 Å². The predicted octanol–water partition coefficient (Wildman–Crippen LogP) is 6.05. The molecule has 0 aliphatic carbocycles. The zero-order valence-corrected chi connectivity index (χ0v) is 20.2. The predicted molar refractivity (Wildman–Crippen MR) is 134 cm³/mol. The van der Waals surface area contributed by atoms with E-state index >= 15 is 0 Å². The molecule has 38 heavy (non-hydrogen) atoms. The van der Waals surface area contributed by atoms with Crippen LogP contribution >= 0.6 is 12.0 Å². The van der Waals surface area contributed by atoms with Crippen LogP contribution in [0.15, 0.2) is 68.6 Å². The van der Waals surface area contributed by atoms with Crippen molar-refractivity contribution >= 4 is 72.5 Å². The quantitative estimate of drug-likeness (QED) is 0.0404. The maximum absolute atomic E-state index is 12.7. The van der Waals surface area contributed by atoms with Gasteiger partial charge in [0.25, 0.3) is 10.1 Å². The Hall–Kier alpha value is -4.39. The minimum atomic E-state index is -4.85. The zero-order valence-electron chi connectivity index (χ0n) is 20.6. The number of benzene rings is 4. The van der Waals surface area contributed by atoms with E-state index in [9.17, 15) is 28.0 Å². The molecule has 0 aliphatic heterocycles. The molecule has 15 nitrogen and oxygen atoms in total. The molecule has 0 spiro atoms. The Labute approximate surface area is 219 Å². The first-order chi connectivity index (χ1) is 19.1. The summed E-state index contributed by atoms with van der Waals surface area (Å²) in [5.74, 6) is -0.984. The number of hydrogen-bond acceptors (Lipinski definition) is 13. The molecule has 17 heteroatoms. The fourth-order valence-corrected chi connectivity index (χ4v) is 4.81. The molecule has 0 saturated heterocycles. The summed E-state index contributed by atoms with van der Waals surface area (Å²) in [4.78, 5) is 12.0. The second-order valence-electron chi connectivity index (χ2n) is 7.50. The van der Waals surface area contributed by atoms with Gasteiger partial charge < -0.3 is 20.8 Å². The number of urea groups is 1. The van der Waals surface area contributed by atoms with Gasteiger partial charge in [0.2, 0.25) is 2.82 Å². The number of carbonyl (C=O) groups is 1. The Kier molecular flexibility index (Phi) is 6.65. The molecule has 4 aromatic carbocycles. The van der Waals surface area contributed by atoms with Gasteiger partial charge in [-0.1, -0.05) is 5.04 Å². The molecule has 0 radical (unpaired) electrons. The minimum absolute atomic E-state index is 0.114. The minimum Gasteiger partial charge on any atom is -0.505 e. The number of aromatic hydroxyl groups is 2. The lowest BCUT2D eigenvalue weighted by Gasteiger charge is -2.12. The number of nitrogens with one attached hydrogen (secondary N) is 4. The van der Waals surface area contributed by atoms with Crippen LogP contribution in [-0.4, -0.2) is 34.5 Å². The van der Waals surface area contributed by atoms with Crippen molar-refractivity contribution < 1.29 is 45.4 Å². The molecular formula is C21H16N6O9S2. The molecule has 0 saturated carbocycles. The van der Waals surface area contributed by atoms with Gasteiger partial charge in [-0.2, -0.15) is 18.6 Å². The van der Waals surface area contributed by atoms with E-state index in [0.717, 1.165) is 6.07 Å². The van der Waals surface area contributed by atoms with Crippen molar-refractivity contribution in [2.24, 2.45) is 10.2 Å². The smallest absolute Gasteiger partial charge is 0.323 e. The summed E-state index contributed by atoms with van der Waals surface area (Å²) in [6, 6.07) is 10.3.